The smallest absolute Gasteiger partial charge is 0.264 e. The van der Waals surface area contributed by atoms with E-state index in [0.717, 1.165) is 5.56 Å². The van der Waals surface area contributed by atoms with E-state index in [0.29, 0.717) is 38.3 Å². The number of para-hydroxylation sites is 1. The van der Waals surface area contributed by atoms with Crippen molar-refractivity contribution in [2.24, 2.45) is 0 Å². The topological polar surface area (TPSA) is 60.9 Å². The Morgan fingerprint density at radius 1 is 0.725 bits per heavy atom. The molecular formula is C33H35N3O3S. The number of anilines is 1. The molecule has 1 amide bonds. The molecule has 7 heteroatoms. The van der Waals surface area contributed by atoms with E-state index in [1.807, 2.05) is 37.3 Å². The standard InChI is InChI=1S/C33H35N3O3S/c1-2-27-14-12-13-21-31(27)36(40(38,39)30-19-10-5-11-20-30)26-32(37)34-22-24-35(25-23-34)33(28-15-6-3-7-16-28)29-17-8-4-9-18-29/h3-21,33H,2,22-26H2,1H3. The van der Waals surface area contributed by atoms with Gasteiger partial charge in [-0.1, -0.05) is 104 Å². The maximum absolute atomic E-state index is 13.8. The van der Waals surface area contributed by atoms with Gasteiger partial charge in [0.05, 0.1) is 16.6 Å². The molecule has 6 nitrogen and oxygen atoms in total. The van der Waals surface area contributed by atoms with Gasteiger partial charge < -0.3 is 4.90 Å². The Hall–Kier alpha value is -3.94. The first-order valence-corrected chi connectivity index (χ1v) is 15.2. The van der Waals surface area contributed by atoms with Crippen molar-refractivity contribution in [1.82, 2.24) is 9.80 Å². The zero-order valence-corrected chi connectivity index (χ0v) is 23.6. The van der Waals surface area contributed by atoms with Crippen LogP contribution in [-0.4, -0.2) is 56.8 Å². The normalized spacial score (nSPS) is 14.3. The van der Waals surface area contributed by atoms with Crippen molar-refractivity contribution in [3.8, 4) is 0 Å². The molecule has 4 aromatic carbocycles. The lowest BCUT2D eigenvalue weighted by molar-refractivity contribution is -0.131. The molecule has 1 aliphatic heterocycles. The Balaban J connectivity index is 1.36. The monoisotopic (exact) mass is 553 g/mol. The molecule has 40 heavy (non-hydrogen) atoms. The number of piperazine rings is 1. The predicted molar refractivity (Wildman–Crippen MR) is 160 cm³/mol. The SMILES string of the molecule is CCc1ccccc1N(CC(=O)N1CCN(C(c2ccccc2)c2ccccc2)CC1)S(=O)(=O)c1ccccc1. The molecule has 0 atom stereocenters. The molecular weight excluding hydrogens is 518 g/mol. The first kappa shape index (κ1) is 27.6. The van der Waals surface area contributed by atoms with Crippen LogP contribution < -0.4 is 4.31 Å². The van der Waals surface area contributed by atoms with Crippen LogP contribution in [0.15, 0.2) is 120 Å². The maximum Gasteiger partial charge on any atom is 0.264 e. The van der Waals surface area contributed by atoms with Crippen molar-refractivity contribution in [3.63, 3.8) is 0 Å². The fourth-order valence-corrected chi connectivity index (χ4v) is 6.88. The highest BCUT2D eigenvalue weighted by Crippen LogP contribution is 2.31. The largest absolute Gasteiger partial charge is 0.339 e. The third kappa shape index (κ3) is 5.96. The van der Waals surface area contributed by atoms with Gasteiger partial charge in [-0.3, -0.25) is 14.0 Å². The number of sulfonamides is 1. The Bertz CT molecular complexity index is 1470. The summed E-state index contributed by atoms with van der Waals surface area (Å²) in [4.78, 5) is 18.0. The quantitative estimate of drug-likeness (QED) is 0.279. The second-order valence-corrected chi connectivity index (χ2v) is 11.8. The number of aryl methyl sites for hydroxylation is 1. The maximum atomic E-state index is 13.8. The molecule has 0 spiro atoms. The number of amides is 1. The van der Waals surface area contributed by atoms with E-state index in [1.165, 1.54) is 15.4 Å². The average Bonchev–Trinajstić information content (AvgIpc) is 3.01. The highest BCUT2D eigenvalue weighted by Gasteiger charge is 2.32. The lowest BCUT2D eigenvalue weighted by Crippen LogP contribution is -2.52. The van der Waals surface area contributed by atoms with E-state index in [-0.39, 0.29) is 23.4 Å². The first-order valence-electron chi connectivity index (χ1n) is 13.8. The summed E-state index contributed by atoms with van der Waals surface area (Å²) in [7, 11) is -3.94. The Morgan fingerprint density at radius 2 is 1.23 bits per heavy atom. The third-order valence-electron chi connectivity index (χ3n) is 7.51. The van der Waals surface area contributed by atoms with E-state index in [4.69, 9.17) is 0 Å². The van der Waals surface area contributed by atoms with Gasteiger partial charge >= 0.3 is 0 Å². The second kappa shape index (κ2) is 12.5. The minimum Gasteiger partial charge on any atom is -0.339 e. The van der Waals surface area contributed by atoms with Gasteiger partial charge in [-0.05, 0) is 41.3 Å². The summed E-state index contributed by atoms with van der Waals surface area (Å²) in [5, 5.41) is 0. The van der Waals surface area contributed by atoms with Gasteiger partial charge in [-0.15, -0.1) is 0 Å². The van der Waals surface area contributed by atoms with Gasteiger partial charge in [-0.25, -0.2) is 8.42 Å². The number of carbonyl (C=O) groups excluding carboxylic acids is 1. The summed E-state index contributed by atoms with van der Waals surface area (Å²) in [6.07, 6.45) is 0.657. The van der Waals surface area contributed by atoms with Crippen molar-refractivity contribution in [2.45, 2.75) is 24.3 Å². The summed E-state index contributed by atoms with van der Waals surface area (Å²) in [6.45, 7) is 4.19. The lowest BCUT2D eigenvalue weighted by Gasteiger charge is -2.40. The molecule has 0 N–H and O–H groups in total. The summed E-state index contributed by atoms with van der Waals surface area (Å²) in [5.41, 5.74) is 3.86. The first-order chi connectivity index (χ1) is 19.5. The minimum absolute atomic E-state index is 0.0889. The Morgan fingerprint density at radius 3 is 1.77 bits per heavy atom. The highest BCUT2D eigenvalue weighted by atomic mass is 32.2. The molecule has 4 aromatic rings. The van der Waals surface area contributed by atoms with Crippen molar-refractivity contribution in [1.29, 1.82) is 0 Å². The molecule has 1 saturated heterocycles. The lowest BCUT2D eigenvalue weighted by atomic mass is 9.96. The van der Waals surface area contributed by atoms with Crippen molar-refractivity contribution in [2.75, 3.05) is 37.0 Å². The summed E-state index contributed by atoms with van der Waals surface area (Å²) in [5.74, 6) is -0.193. The van der Waals surface area contributed by atoms with Crippen LogP contribution in [0.5, 0.6) is 0 Å². The van der Waals surface area contributed by atoms with Crippen LogP contribution in [0, 0.1) is 0 Å². The Labute approximate surface area is 237 Å². The third-order valence-corrected chi connectivity index (χ3v) is 9.29. The number of rotatable bonds is 9. The number of carbonyl (C=O) groups is 1. The minimum atomic E-state index is -3.94. The highest BCUT2D eigenvalue weighted by molar-refractivity contribution is 7.92. The zero-order chi connectivity index (χ0) is 28.0. The summed E-state index contributed by atoms with van der Waals surface area (Å²) >= 11 is 0. The van der Waals surface area contributed by atoms with Crippen molar-refractivity contribution >= 4 is 21.6 Å². The van der Waals surface area contributed by atoms with Gasteiger partial charge in [0.1, 0.15) is 6.54 Å². The van der Waals surface area contributed by atoms with Gasteiger partial charge in [0.25, 0.3) is 10.0 Å². The molecule has 206 valence electrons. The number of hydrogen-bond donors (Lipinski definition) is 0. The van der Waals surface area contributed by atoms with Crippen LogP contribution in [0.25, 0.3) is 0 Å². The number of benzene rings is 4. The molecule has 0 aliphatic carbocycles. The van der Waals surface area contributed by atoms with Gasteiger partial charge in [-0.2, -0.15) is 0 Å². The van der Waals surface area contributed by atoms with Crippen LogP contribution in [0.3, 0.4) is 0 Å². The molecule has 5 rings (SSSR count). The van der Waals surface area contributed by atoms with E-state index >= 15 is 0 Å². The predicted octanol–water partition coefficient (Wildman–Crippen LogP) is 5.38. The fraction of sp³-hybridized carbons (Fsp3) is 0.242. The fourth-order valence-electron chi connectivity index (χ4n) is 5.41. The average molecular weight is 554 g/mol. The van der Waals surface area contributed by atoms with E-state index < -0.39 is 10.0 Å². The van der Waals surface area contributed by atoms with Crippen molar-refractivity contribution in [3.05, 3.63) is 132 Å². The van der Waals surface area contributed by atoms with Gasteiger partial charge in [0.2, 0.25) is 5.91 Å². The molecule has 0 unspecified atom stereocenters. The second-order valence-electron chi connectivity index (χ2n) is 9.95. The molecule has 0 radical (unpaired) electrons. The van der Waals surface area contributed by atoms with Crippen LogP contribution in [-0.2, 0) is 21.2 Å². The van der Waals surface area contributed by atoms with Crippen LogP contribution in [0.1, 0.15) is 29.7 Å². The molecule has 1 heterocycles. The Kier molecular flexibility index (Phi) is 8.63. The van der Waals surface area contributed by atoms with E-state index in [2.05, 4.69) is 53.4 Å². The summed E-state index contributed by atoms with van der Waals surface area (Å²) < 4.78 is 28.9. The van der Waals surface area contributed by atoms with Crippen LogP contribution in [0.2, 0.25) is 0 Å². The molecule has 1 fully saturated rings. The van der Waals surface area contributed by atoms with E-state index in [9.17, 15) is 13.2 Å². The van der Waals surface area contributed by atoms with E-state index in [1.54, 1.807) is 41.3 Å². The summed E-state index contributed by atoms with van der Waals surface area (Å²) in [6, 6.07) is 36.7. The van der Waals surface area contributed by atoms with Crippen molar-refractivity contribution < 1.29 is 13.2 Å². The van der Waals surface area contributed by atoms with Crippen LogP contribution >= 0.6 is 0 Å². The molecule has 0 aromatic heterocycles. The zero-order valence-electron chi connectivity index (χ0n) is 22.8. The van der Waals surface area contributed by atoms with Crippen LogP contribution in [0.4, 0.5) is 5.69 Å². The number of hydrogen-bond acceptors (Lipinski definition) is 4. The molecule has 1 aliphatic rings. The molecule has 0 bridgehead atoms. The molecule has 0 saturated carbocycles. The number of nitrogens with zero attached hydrogens (tertiary/aromatic N) is 3. The van der Waals surface area contributed by atoms with Gasteiger partial charge in [0.15, 0.2) is 0 Å². The van der Waals surface area contributed by atoms with Gasteiger partial charge in [0, 0.05) is 26.2 Å².